The number of β-amino-alcohol motifs (C(OH)–C–C–N with tert-alkyl or cyclic N) is 1. The minimum Gasteiger partial charge on any atom is -0.387 e. The molecular formula is C15H27NO5S. The molecular weight excluding hydrogens is 306 g/mol. The summed E-state index contributed by atoms with van der Waals surface area (Å²) in [5, 5.41) is 12.2. The zero-order valence-corrected chi connectivity index (χ0v) is 14.5. The lowest BCUT2D eigenvalue weighted by molar-refractivity contribution is -0.128. The Morgan fingerprint density at radius 3 is 2.09 bits per heavy atom. The lowest BCUT2D eigenvalue weighted by Crippen LogP contribution is -2.64. The Hall–Kier alpha value is -0.500. The van der Waals surface area contributed by atoms with Gasteiger partial charge < -0.3 is 10.4 Å². The van der Waals surface area contributed by atoms with Crippen molar-refractivity contribution in [3.05, 3.63) is 0 Å². The Bertz CT molecular complexity index is 568. The number of fused-ring (bicyclic) bond motifs is 2. The van der Waals surface area contributed by atoms with Gasteiger partial charge in [-0.05, 0) is 38.0 Å². The van der Waals surface area contributed by atoms with E-state index in [9.17, 15) is 13.2 Å². The second-order valence-corrected chi connectivity index (χ2v) is 9.31. The van der Waals surface area contributed by atoms with Gasteiger partial charge in [0.2, 0.25) is 0 Å². The fourth-order valence-corrected chi connectivity index (χ4v) is 5.32. The standard InChI is InChI=1S/C10H16O4S.C5H11NO/c1-9(2)7-3-4-10(9,8(11)5-7)6-15(12,13)14;1-4-5(2,7)3-6-4/h7H,3-6H2,1-2H3,(H,12,13,14);4,6-7H,3H2,1-2H3/t7?,10-;4-,5+/m00/s1. The fourth-order valence-electron chi connectivity index (χ4n) is 4.02. The van der Waals surface area contributed by atoms with Crippen molar-refractivity contribution in [3.8, 4) is 0 Å². The van der Waals surface area contributed by atoms with Crippen molar-refractivity contribution >= 4 is 15.9 Å². The fraction of sp³-hybridized carbons (Fsp3) is 0.933. The molecule has 0 amide bonds. The van der Waals surface area contributed by atoms with Gasteiger partial charge in [-0.25, -0.2) is 0 Å². The van der Waals surface area contributed by atoms with E-state index in [1.807, 2.05) is 27.7 Å². The third-order valence-electron chi connectivity index (χ3n) is 6.27. The van der Waals surface area contributed by atoms with Gasteiger partial charge in [-0.3, -0.25) is 9.35 Å². The number of ketones is 1. The summed E-state index contributed by atoms with van der Waals surface area (Å²) in [7, 11) is -4.08. The highest BCUT2D eigenvalue weighted by atomic mass is 32.2. The molecule has 2 saturated carbocycles. The minimum atomic E-state index is -4.08. The first kappa shape index (κ1) is 17.8. The molecule has 128 valence electrons. The van der Waals surface area contributed by atoms with Crippen molar-refractivity contribution < 1.29 is 22.9 Å². The van der Waals surface area contributed by atoms with Gasteiger partial charge in [0, 0.05) is 19.0 Å². The van der Waals surface area contributed by atoms with Crippen LogP contribution in [0, 0.1) is 16.7 Å². The van der Waals surface area contributed by atoms with Crippen LogP contribution in [0.25, 0.3) is 0 Å². The molecule has 6 nitrogen and oxygen atoms in total. The molecule has 0 aromatic rings. The van der Waals surface area contributed by atoms with Crippen LogP contribution in [0.1, 0.15) is 47.0 Å². The number of rotatable bonds is 2. The van der Waals surface area contributed by atoms with Gasteiger partial charge in [0.15, 0.2) is 0 Å². The summed E-state index contributed by atoms with van der Waals surface area (Å²) < 4.78 is 31.0. The molecule has 3 rings (SSSR count). The van der Waals surface area contributed by atoms with E-state index in [0.717, 1.165) is 13.0 Å². The number of carbonyl (C=O) groups excluding carboxylic acids is 1. The number of hydrogen-bond acceptors (Lipinski definition) is 5. The quantitative estimate of drug-likeness (QED) is 0.651. The Kier molecular flexibility index (Phi) is 4.27. The predicted octanol–water partition coefficient (Wildman–Crippen LogP) is 0.999. The summed E-state index contributed by atoms with van der Waals surface area (Å²) in [5.74, 6) is -0.101. The highest BCUT2D eigenvalue weighted by Gasteiger charge is 2.65. The lowest BCUT2D eigenvalue weighted by atomic mass is 9.70. The van der Waals surface area contributed by atoms with E-state index in [2.05, 4.69) is 5.32 Å². The first-order chi connectivity index (χ1) is 9.82. The molecule has 3 fully saturated rings. The minimum absolute atomic E-state index is 0.0152. The molecule has 1 saturated heterocycles. The summed E-state index contributed by atoms with van der Waals surface area (Å²) in [5.41, 5.74) is -1.55. The molecule has 3 N–H and O–H groups in total. The van der Waals surface area contributed by atoms with Crippen molar-refractivity contribution in [1.29, 1.82) is 0 Å². The zero-order valence-electron chi connectivity index (χ0n) is 13.7. The highest BCUT2D eigenvalue weighted by Crippen LogP contribution is 2.64. The Morgan fingerprint density at radius 1 is 1.32 bits per heavy atom. The Balaban J connectivity index is 0.000000211. The third-order valence-corrected chi connectivity index (χ3v) is 7.12. The van der Waals surface area contributed by atoms with Crippen LogP contribution in [-0.2, 0) is 14.9 Å². The van der Waals surface area contributed by atoms with E-state index in [1.165, 1.54) is 0 Å². The smallest absolute Gasteiger partial charge is 0.265 e. The molecule has 2 bridgehead atoms. The maximum Gasteiger partial charge on any atom is 0.265 e. The summed E-state index contributed by atoms with van der Waals surface area (Å²) in [6, 6.07) is 0.285. The topological polar surface area (TPSA) is 104 Å². The van der Waals surface area contributed by atoms with Crippen LogP contribution < -0.4 is 5.32 Å². The molecule has 2 aliphatic carbocycles. The maximum absolute atomic E-state index is 11.9. The van der Waals surface area contributed by atoms with Crippen molar-refractivity contribution in [3.63, 3.8) is 0 Å². The second-order valence-electron chi connectivity index (χ2n) is 7.85. The number of hydrogen-bond donors (Lipinski definition) is 3. The molecule has 1 aliphatic heterocycles. The molecule has 0 aromatic carbocycles. The SMILES string of the molecule is CC1(C)C2CC[C@]1(CS(=O)(=O)O)C(=O)C2.C[C@@H]1NC[C@@]1(C)O. The molecule has 4 atom stereocenters. The number of carbonyl (C=O) groups is 1. The van der Waals surface area contributed by atoms with E-state index >= 15 is 0 Å². The molecule has 1 heterocycles. The van der Waals surface area contributed by atoms with Crippen molar-refractivity contribution in [2.24, 2.45) is 16.7 Å². The van der Waals surface area contributed by atoms with Crippen LogP contribution in [0.2, 0.25) is 0 Å². The number of Topliss-reactive ketones (excluding diaryl/α,β-unsaturated/α-hetero) is 1. The lowest BCUT2D eigenvalue weighted by Gasteiger charge is -2.41. The van der Waals surface area contributed by atoms with Gasteiger partial charge in [-0.15, -0.1) is 0 Å². The molecule has 0 spiro atoms. The summed E-state index contributed by atoms with van der Waals surface area (Å²) >= 11 is 0. The number of aliphatic hydroxyl groups is 1. The second kappa shape index (κ2) is 5.26. The van der Waals surface area contributed by atoms with Crippen LogP contribution in [0.15, 0.2) is 0 Å². The Morgan fingerprint density at radius 2 is 1.86 bits per heavy atom. The van der Waals surface area contributed by atoms with E-state index in [4.69, 9.17) is 9.66 Å². The Labute approximate surface area is 132 Å². The van der Waals surface area contributed by atoms with E-state index in [-0.39, 0.29) is 23.2 Å². The summed E-state index contributed by atoms with van der Waals surface area (Å²) in [4.78, 5) is 11.9. The van der Waals surface area contributed by atoms with Gasteiger partial charge in [0.1, 0.15) is 5.78 Å². The number of nitrogens with one attached hydrogen (secondary N) is 1. The normalized spacial score (nSPS) is 42.5. The van der Waals surface area contributed by atoms with Gasteiger partial charge >= 0.3 is 0 Å². The predicted molar refractivity (Wildman–Crippen MR) is 83.1 cm³/mol. The monoisotopic (exact) mass is 333 g/mol. The molecule has 7 heteroatoms. The van der Waals surface area contributed by atoms with E-state index in [1.54, 1.807) is 0 Å². The molecule has 0 aromatic heterocycles. The van der Waals surface area contributed by atoms with Crippen molar-refractivity contribution in [2.75, 3.05) is 12.3 Å². The van der Waals surface area contributed by atoms with Gasteiger partial charge in [0.25, 0.3) is 10.1 Å². The van der Waals surface area contributed by atoms with Gasteiger partial charge in [-0.1, -0.05) is 13.8 Å². The molecule has 0 radical (unpaired) electrons. The van der Waals surface area contributed by atoms with Gasteiger partial charge in [0.05, 0.1) is 16.8 Å². The average Bonchev–Trinajstić information content (AvgIpc) is 2.70. The van der Waals surface area contributed by atoms with Crippen LogP contribution in [0.3, 0.4) is 0 Å². The average molecular weight is 333 g/mol. The maximum atomic E-state index is 11.9. The molecule has 1 unspecified atom stereocenters. The highest BCUT2D eigenvalue weighted by molar-refractivity contribution is 7.85. The molecule has 22 heavy (non-hydrogen) atoms. The van der Waals surface area contributed by atoms with E-state index < -0.39 is 26.9 Å². The molecule has 3 aliphatic rings. The summed E-state index contributed by atoms with van der Waals surface area (Å²) in [6.45, 7) is 8.45. The van der Waals surface area contributed by atoms with Crippen LogP contribution in [-0.4, -0.2) is 47.8 Å². The van der Waals surface area contributed by atoms with Crippen LogP contribution >= 0.6 is 0 Å². The summed E-state index contributed by atoms with van der Waals surface area (Å²) in [6.07, 6.45) is 1.97. The third kappa shape index (κ3) is 2.84. The first-order valence-corrected chi connectivity index (χ1v) is 9.37. The van der Waals surface area contributed by atoms with Crippen molar-refractivity contribution in [1.82, 2.24) is 5.32 Å². The zero-order chi connectivity index (χ0) is 17.0. The van der Waals surface area contributed by atoms with Crippen molar-refractivity contribution in [2.45, 2.75) is 58.6 Å². The van der Waals surface area contributed by atoms with Crippen LogP contribution in [0.4, 0.5) is 0 Å². The van der Waals surface area contributed by atoms with Gasteiger partial charge in [-0.2, -0.15) is 8.42 Å². The largest absolute Gasteiger partial charge is 0.387 e. The first-order valence-electron chi connectivity index (χ1n) is 7.76. The van der Waals surface area contributed by atoms with E-state index in [0.29, 0.717) is 12.8 Å². The van der Waals surface area contributed by atoms with Crippen LogP contribution in [0.5, 0.6) is 0 Å².